The average Bonchev–Trinajstić information content (AvgIpc) is 3.04. The number of nitriles is 1. The van der Waals surface area contributed by atoms with Crippen LogP contribution in [0.15, 0.2) is 30.3 Å². The number of hydrogen-bond donors (Lipinski definition) is 0. The summed E-state index contributed by atoms with van der Waals surface area (Å²) in [5.74, 6) is 0.558. The zero-order chi connectivity index (χ0) is 24.1. The summed E-state index contributed by atoms with van der Waals surface area (Å²) >= 11 is 0. The van der Waals surface area contributed by atoms with Crippen LogP contribution in [0, 0.1) is 39.0 Å². The molecule has 0 aliphatic carbocycles. The van der Waals surface area contributed by atoms with E-state index in [1.807, 2.05) is 64.9 Å². The molecule has 0 aliphatic rings. The Morgan fingerprint density at radius 2 is 1.67 bits per heavy atom. The molecule has 2 heterocycles. The molecular formula is C25H31N7O. The smallest absolute Gasteiger partial charge is 0.251 e. The lowest BCUT2D eigenvalue weighted by Crippen LogP contribution is -2.37. The highest BCUT2D eigenvalue weighted by Gasteiger charge is 2.21. The molecule has 3 aromatic rings. The number of carbonyl (C=O) groups excluding carboxylic acids is 1. The van der Waals surface area contributed by atoms with Gasteiger partial charge in [0.2, 0.25) is 5.91 Å². The predicted molar refractivity (Wildman–Crippen MR) is 127 cm³/mol. The topological polar surface area (TPSA) is 90.9 Å². The molecule has 0 unspecified atom stereocenters. The first-order chi connectivity index (χ1) is 15.7. The molecule has 0 fully saturated rings. The van der Waals surface area contributed by atoms with Gasteiger partial charge in [0, 0.05) is 42.3 Å². The maximum atomic E-state index is 13.4. The highest BCUT2D eigenvalue weighted by Crippen LogP contribution is 2.19. The third-order valence-electron chi connectivity index (χ3n) is 5.56. The van der Waals surface area contributed by atoms with Gasteiger partial charge < -0.3 is 9.80 Å². The van der Waals surface area contributed by atoms with Crippen molar-refractivity contribution in [3.8, 4) is 12.0 Å². The van der Waals surface area contributed by atoms with E-state index < -0.39 is 0 Å². The fourth-order valence-corrected chi connectivity index (χ4v) is 3.71. The standard InChI is InChI=1S/C25H31N7O/c1-17-13-18(2)28-25(27-17)32-20(4)23(19(3)29-32)14-24(33)31(12-11-30(5)6)16-22-9-7-21(15-26)8-10-22/h7-10,13H,11-12,14,16H2,1-6H3. The molecule has 8 nitrogen and oxygen atoms in total. The Labute approximate surface area is 195 Å². The van der Waals surface area contributed by atoms with Crippen LogP contribution < -0.4 is 0 Å². The molecule has 1 aromatic carbocycles. The second-order valence-electron chi connectivity index (χ2n) is 8.62. The van der Waals surface area contributed by atoms with Crippen LogP contribution in [0.3, 0.4) is 0 Å². The van der Waals surface area contributed by atoms with Gasteiger partial charge in [0.15, 0.2) is 0 Å². The van der Waals surface area contributed by atoms with E-state index >= 15 is 0 Å². The van der Waals surface area contributed by atoms with Gasteiger partial charge in [-0.1, -0.05) is 12.1 Å². The van der Waals surface area contributed by atoms with Crippen molar-refractivity contribution in [2.75, 3.05) is 27.2 Å². The summed E-state index contributed by atoms with van der Waals surface area (Å²) in [6.45, 7) is 9.59. The summed E-state index contributed by atoms with van der Waals surface area (Å²) < 4.78 is 1.72. The molecular weight excluding hydrogens is 414 g/mol. The lowest BCUT2D eigenvalue weighted by Gasteiger charge is -2.25. The van der Waals surface area contributed by atoms with Gasteiger partial charge in [-0.15, -0.1) is 0 Å². The molecule has 172 valence electrons. The molecule has 0 radical (unpaired) electrons. The third-order valence-corrected chi connectivity index (χ3v) is 5.56. The van der Waals surface area contributed by atoms with E-state index in [0.717, 1.165) is 40.4 Å². The molecule has 0 bridgehead atoms. The van der Waals surface area contributed by atoms with Gasteiger partial charge >= 0.3 is 0 Å². The van der Waals surface area contributed by atoms with Crippen molar-refractivity contribution in [2.24, 2.45) is 0 Å². The highest BCUT2D eigenvalue weighted by atomic mass is 16.2. The summed E-state index contributed by atoms with van der Waals surface area (Å²) in [5.41, 5.74) is 5.93. The van der Waals surface area contributed by atoms with Crippen LogP contribution in [0.25, 0.3) is 5.95 Å². The normalized spacial score (nSPS) is 11.0. The van der Waals surface area contributed by atoms with Crippen LogP contribution in [-0.2, 0) is 17.8 Å². The number of likely N-dealkylation sites (N-methyl/N-ethyl adjacent to an activating group) is 1. The number of nitrogens with zero attached hydrogens (tertiary/aromatic N) is 7. The second kappa shape index (κ2) is 10.4. The van der Waals surface area contributed by atoms with Gasteiger partial charge in [0.25, 0.3) is 5.95 Å². The first-order valence-corrected chi connectivity index (χ1v) is 11.0. The maximum Gasteiger partial charge on any atom is 0.251 e. The summed E-state index contributed by atoms with van der Waals surface area (Å²) in [6, 6.07) is 11.4. The fourth-order valence-electron chi connectivity index (χ4n) is 3.71. The minimum atomic E-state index is 0.0355. The lowest BCUT2D eigenvalue weighted by molar-refractivity contribution is -0.131. The number of benzene rings is 1. The molecule has 0 N–H and O–H groups in total. The van der Waals surface area contributed by atoms with Crippen molar-refractivity contribution in [3.05, 3.63) is 69.8 Å². The van der Waals surface area contributed by atoms with Crippen LogP contribution >= 0.6 is 0 Å². The lowest BCUT2D eigenvalue weighted by atomic mass is 10.1. The number of carbonyl (C=O) groups is 1. The van der Waals surface area contributed by atoms with E-state index in [1.54, 1.807) is 16.8 Å². The predicted octanol–water partition coefficient (Wildman–Crippen LogP) is 2.90. The molecule has 3 rings (SSSR count). The van der Waals surface area contributed by atoms with Crippen LogP contribution in [0.2, 0.25) is 0 Å². The van der Waals surface area contributed by atoms with Gasteiger partial charge in [0.1, 0.15) is 0 Å². The van der Waals surface area contributed by atoms with Crippen molar-refractivity contribution in [1.82, 2.24) is 29.5 Å². The van der Waals surface area contributed by atoms with Crippen molar-refractivity contribution in [2.45, 2.75) is 40.7 Å². The van der Waals surface area contributed by atoms with E-state index in [1.165, 1.54) is 0 Å². The van der Waals surface area contributed by atoms with E-state index in [0.29, 0.717) is 24.6 Å². The first kappa shape index (κ1) is 24.1. The summed E-state index contributed by atoms with van der Waals surface area (Å²) in [4.78, 5) is 26.4. The van der Waals surface area contributed by atoms with Crippen molar-refractivity contribution >= 4 is 5.91 Å². The largest absolute Gasteiger partial charge is 0.337 e. The van der Waals surface area contributed by atoms with Crippen LogP contribution in [0.1, 0.15) is 39.5 Å². The van der Waals surface area contributed by atoms with E-state index in [2.05, 4.69) is 26.0 Å². The fraction of sp³-hybridized carbons (Fsp3) is 0.400. The molecule has 2 aromatic heterocycles. The first-order valence-electron chi connectivity index (χ1n) is 11.0. The molecule has 0 saturated heterocycles. The van der Waals surface area contributed by atoms with Gasteiger partial charge in [-0.3, -0.25) is 4.79 Å². The Morgan fingerprint density at radius 3 is 2.24 bits per heavy atom. The molecule has 0 saturated carbocycles. The van der Waals surface area contributed by atoms with Gasteiger partial charge in [-0.05, 0) is 65.6 Å². The Bertz CT molecular complexity index is 1150. The Balaban J connectivity index is 1.84. The molecule has 0 aliphatic heterocycles. The molecule has 33 heavy (non-hydrogen) atoms. The number of amides is 1. The summed E-state index contributed by atoms with van der Waals surface area (Å²) in [7, 11) is 3.99. The minimum Gasteiger partial charge on any atom is -0.337 e. The summed E-state index contributed by atoms with van der Waals surface area (Å²) in [6.07, 6.45) is 0.256. The van der Waals surface area contributed by atoms with Gasteiger partial charge in [-0.25, -0.2) is 14.6 Å². The molecule has 1 amide bonds. The Kier molecular flexibility index (Phi) is 7.56. The maximum absolute atomic E-state index is 13.4. The van der Waals surface area contributed by atoms with E-state index in [-0.39, 0.29) is 12.3 Å². The minimum absolute atomic E-state index is 0.0355. The zero-order valence-corrected chi connectivity index (χ0v) is 20.3. The summed E-state index contributed by atoms with van der Waals surface area (Å²) in [5, 5.41) is 13.7. The molecule has 8 heteroatoms. The quantitative estimate of drug-likeness (QED) is 0.530. The Hall–Kier alpha value is -3.57. The van der Waals surface area contributed by atoms with Gasteiger partial charge in [-0.2, -0.15) is 10.4 Å². The number of hydrogen-bond acceptors (Lipinski definition) is 6. The van der Waals surface area contributed by atoms with Crippen molar-refractivity contribution in [1.29, 1.82) is 5.26 Å². The number of rotatable bonds is 8. The Morgan fingerprint density at radius 1 is 1.03 bits per heavy atom. The van der Waals surface area contributed by atoms with Crippen molar-refractivity contribution in [3.63, 3.8) is 0 Å². The van der Waals surface area contributed by atoms with E-state index in [4.69, 9.17) is 5.26 Å². The van der Waals surface area contributed by atoms with Crippen LogP contribution in [0.5, 0.6) is 0 Å². The van der Waals surface area contributed by atoms with Crippen LogP contribution in [-0.4, -0.2) is 62.6 Å². The monoisotopic (exact) mass is 445 g/mol. The number of aromatic nitrogens is 4. The molecule has 0 atom stereocenters. The van der Waals surface area contributed by atoms with Crippen LogP contribution in [0.4, 0.5) is 0 Å². The van der Waals surface area contributed by atoms with E-state index in [9.17, 15) is 4.79 Å². The SMILES string of the molecule is Cc1cc(C)nc(-n2nc(C)c(CC(=O)N(CCN(C)C)Cc3ccc(C#N)cc3)c2C)n1. The molecule has 0 spiro atoms. The zero-order valence-electron chi connectivity index (χ0n) is 20.3. The number of aryl methyl sites for hydroxylation is 3. The third kappa shape index (κ3) is 6.02. The highest BCUT2D eigenvalue weighted by molar-refractivity contribution is 5.79. The second-order valence-corrected chi connectivity index (χ2v) is 8.62. The van der Waals surface area contributed by atoms with Gasteiger partial charge in [0.05, 0.1) is 23.7 Å². The van der Waals surface area contributed by atoms with Crippen molar-refractivity contribution < 1.29 is 4.79 Å². The average molecular weight is 446 g/mol.